The van der Waals surface area contributed by atoms with Crippen LogP contribution in [0.1, 0.15) is 56.1 Å². The number of fused-ring (bicyclic) bond motifs is 1. The van der Waals surface area contributed by atoms with Gasteiger partial charge in [-0.2, -0.15) is 0 Å². The van der Waals surface area contributed by atoms with Crippen LogP contribution in [0.15, 0.2) is 55.0 Å². The highest BCUT2D eigenvalue weighted by Crippen LogP contribution is 2.33. The summed E-state index contributed by atoms with van der Waals surface area (Å²) in [5.41, 5.74) is 3.34. The lowest BCUT2D eigenvalue weighted by atomic mass is 9.86. The van der Waals surface area contributed by atoms with E-state index in [-0.39, 0.29) is 11.8 Å². The number of para-hydroxylation sites is 1. The molecule has 0 aliphatic heterocycles. The molecule has 2 heterocycles. The molecule has 4 rings (SSSR count). The van der Waals surface area contributed by atoms with Gasteiger partial charge in [0, 0.05) is 47.9 Å². The smallest absolute Gasteiger partial charge is 0.221 e. The van der Waals surface area contributed by atoms with Crippen molar-refractivity contribution in [1.29, 1.82) is 0 Å². The third-order valence-electron chi connectivity index (χ3n) is 5.85. The Morgan fingerprint density at radius 3 is 2.78 bits per heavy atom. The summed E-state index contributed by atoms with van der Waals surface area (Å²) in [6.45, 7) is 2.30. The van der Waals surface area contributed by atoms with Gasteiger partial charge in [-0.25, -0.2) is 0 Å². The molecular weight excluding hydrogens is 334 g/mol. The van der Waals surface area contributed by atoms with Crippen molar-refractivity contribution in [1.82, 2.24) is 15.3 Å². The third-order valence-corrected chi connectivity index (χ3v) is 5.85. The van der Waals surface area contributed by atoms with E-state index in [0.29, 0.717) is 12.5 Å². The Balaban J connectivity index is 1.57. The zero-order valence-corrected chi connectivity index (χ0v) is 15.8. The number of aromatic amines is 1. The number of H-pyrrole nitrogens is 1. The largest absolute Gasteiger partial charge is 0.361 e. The van der Waals surface area contributed by atoms with E-state index in [1.165, 1.54) is 18.2 Å². The standard InChI is InChI=1S/C23H27N3O/c1-16-8-10-18(11-9-16)26-23(27)13-20(17-5-4-12-24-14-17)21-15-25-22-7-3-2-6-19(21)22/h2-7,12,14-16,18,20,25H,8-11,13H2,1H3,(H,26,27). The molecule has 4 nitrogen and oxygen atoms in total. The fourth-order valence-corrected chi connectivity index (χ4v) is 4.25. The van der Waals surface area contributed by atoms with Gasteiger partial charge in [0.25, 0.3) is 0 Å². The molecule has 1 amide bonds. The van der Waals surface area contributed by atoms with Crippen LogP contribution in [-0.4, -0.2) is 21.9 Å². The van der Waals surface area contributed by atoms with Crippen LogP contribution in [0.2, 0.25) is 0 Å². The lowest BCUT2D eigenvalue weighted by molar-refractivity contribution is -0.122. The first-order valence-electron chi connectivity index (χ1n) is 9.96. The molecule has 140 valence electrons. The summed E-state index contributed by atoms with van der Waals surface area (Å²) in [7, 11) is 0. The average molecular weight is 361 g/mol. The Morgan fingerprint density at radius 2 is 2.00 bits per heavy atom. The number of rotatable bonds is 5. The molecule has 27 heavy (non-hydrogen) atoms. The summed E-state index contributed by atoms with van der Waals surface area (Å²) in [4.78, 5) is 20.5. The molecule has 1 saturated carbocycles. The van der Waals surface area contributed by atoms with E-state index in [0.717, 1.165) is 35.4 Å². The monoisotopic (exact) mass is 361 g/mol. The minimum absolute atomic E-state index is 0.00244. The predicted octanol–water partition coefficient (Wildman–Crippen LogP) is 4.78. The minimum atomic E-state index is -0.00244. The molecule has 0 spiro atoms. The lowest BCUT2D eigenvalue weighted by Crippen LogP contribution is -2.38. The highest BCUT2D eigenvalue weighted by Gasteiger charge is 2.24. The van der Waals surface area contributed by atoms with Crippen LogP contribution in [-0.2, 0) is 4.79 Å². The molecular formula is C23H27N3O. The molecule has 2 aromatic heterocycles. The first-order chi connectivity index (χ1) is 13.2. The molecule has 2 N–H and O–H groups in total. The molecule has 1 fully saturated rings. The van der Waals surface area contributed by atoms with Crippen molar-refractivity contribution in [2.45, 2.75) is 51.0 Å². The topological polar surface area (TPSA) is 57.8 Å². The van der Waals surface area contributed by atoms with E-state index < -0.39 is 0 Å². The van der Waals surface area contributed by atoms with Gasteiger partial charge in [0.2, 0.25) is 5.91 Å². The Labute approximate surface area is 160 Å². The molecule has 1 aliphatic carbocycles. The van der Waals surface area contributed by atoms with E-state index in [1.807, 2.05) is 30.6 Å². The van der Waals surface area contributed by atoms with E-state index in [4.69, 9.17) is 0 Å². The summed E-state index contributed by atoms with van der Waals surface area (Å²) in [6, 6.07) is 12.6. The first kappa shape index (κ1) is 17.8. The Bertz CT molecular complexity index is 894. The number of nitrogens with one attached hydrogen (secondary N) is 2. The van der Waals surface area contributed by atoms with E-state index in [2.05, 4.69) is 40.4 Å². The molecule has 1 aliphatic rings. The third kappa shape index (κ3) is 4.05. The maximum absolute atomic E-state index is 12.9. The van der Waals surface area contributed by atoms with Gasteiger partial charge >= 0.3 is 0 Å². The highest BCUT2D eigenvalue weighted by atomic mass is 16.1. The minimum Gasteiger partial charge on any atom is -0.361 e. The van der Waals surface area contributed by atoms with Crippen LogP contribution in [0, 0.1) is 5.92 Å². The molecule has 0 bridgehead atoms. The van der Waals surface area contributed by atoms with Gasteiger partial charge in [0.1, 0.15) is 0 Å². The Kier molecular flexibility index (Phi) is 5.23. The summed E-state index contributed by atoms with van der Waals surface area (Å²) < 4.78 is 0. The van der Waals surface area contributed by atoms with Gasteiger partial charge in [-0.15, -0.1) is 0 Å². The Hall–Kier alpha value is -2.62. The van der Waals surface area contributed by atoms with E-state index in [1.54, 1.807) is 6.20 Å². The zero-order valence-electron chi connectivity index (χ0n) is 15.8. The SMILES string of the molecule is CC1CCC(NC(=O)CC(c2cccnc2)c2c[nH]c3ccccc23)CC1. The normalized spacial score (nSPS) is 21.1. The number of benzene rings is 1. The van der Waals surface area contributed by atoms with Gasteiger partial charge in [0.05, 0.1) is 0 Å². The summed E-state index contributed by atoms with van der Waals surface area (Å²) in [6.07, 6.45) is 10.7. The maximum atomic E-state index is 12.9. The van der Waals surface area contributed by atoms with Crippen LogP contribution in [0.3, 0.4) is 0 Å². The fourth-order valence-electron chi connectivity index (χ4n) is 4.25. The number of pyridine rings is 1. The van der Waals surface area contributed by atoms with Crippen molar-refractivity contribution in [3.8, 4) is 0 Å². The number of carbonyl (C=O) groups is 1. The summed E-state index contributed by atoms with van der Waals surface area (Å²) in [5.74, 6) is 0.915. The maximum Gasteiger partial charge on any atom is 0.221 e. The molecule has 1 aromatic carbocycles. The van der Waals surface area contributed by atoms with E-state index >= 15 is 0 Å². The number of nitrogens with zero attached hydrogens (tertiary/aromatic N) is 1. The van der Waals surface area contributed by atoms with Gasteiger partial charge in [-0.1, -0.05) is 31.2 Å². The fraction of sp³-hybridized carbons (Fsp3) is 0.391. The second kappa shape index (κ2) is 7.95. The van der Waals surface area contributed by atoms with Crippen molar-refractivity contribution in [2.75, 3.05) is 0 Å². The van der Waals surface area contributed by atoms with Crippen molar-refractivity contribution >= 4 is 16.8 Å². The predicted molar refractivity (Wildman–Crippen MR) is 109 cm³/mol. The number of carbonyl (C=O) groups excluding carboxylic acids is 1. The summed E-state index contributed by atoms with van der Waals surface area (Å²) >= 11 is 0. The molecule has 0 saturated heterocycles. The van der Waals surface area contributed by atoms with Crippen molar-refractivity contribution in [3.63, 3.8) is 0 Å². The first-order valence-corrected chi connectivity index (χ1v) is 9.96. The van der Waals surface area contributed by atoms with Crippen molar-refractivity contribution in [3.05, 3.63) is 66.1 Å². The number of aromatic nitrogens is 2. The Morgan fingerprint density at radius 1 is 1.19 bits per heavy atom. The molecule has 0 radical (unpaired) electrons. The number of amides is 1. The van der Waals surface area contributed by atoms with Gasteiger partial charge < -0.3 is 10.3 Å². The number of hydrogen-bond donors (Lipinski definition) is 2. The van der Waals surface area contributed by atoms with Gasteiger partial charge in [-0.05, 0) is 54.9 Å². The second-order valence-corrected chi connectivity index (χ2v) is 7.86. The van der Waals surface area contributed by atoms with Gasteiger partial charge in [0.15, 0.2) is 0 Å². The van der Waals surface area contributed by atoms with Crippen LogP contribution in [0.5, 0.6) is 0 Å². The summed E-state index contributed by atoms with van der Waals surface area (Å²) in [5, 5.41) is 4.45. The van der Waals surface area contributed by atoms with Gasteiger partial charge in [-0.3, -0.25) is 9.78 Å². The van der Waals surface area contributed by atoms with Crippen molar-refractivity contribution in [2.24, 2.45) is 5.92 Å². The highest BCUT2D eigenvalue weighted by molar-refractivity contribution is 5.86. The van der Waals surface area contributed by atoms with E-state index in [9.17, 15) is 4.79 Å². The van der Waals surface area contributed by atoms with Crippen LogP contribution < -0.4 is 5.32 Å². The molecule has 4 heteroatoms. The van der Waals surface area contributed by atoms with Crippen LogP contribution in [0.4, 0.5) is 0 Å². The number of hydrogen-bond acceptors (Lipinski definition) is 2. The average Bonchev–Trinajstić information content (AvgIpc) is 3.12. The van der Waals surface area contributed by atoms with Crippen molar-refractivity contribution < 1.29 is 4.79 Å². The second-order valence-electron chi connectivity index (χ2n) is 7.86. The molecule has 3 aromatic rings. The molecule has 1 atom stereocenters. The quantitative estimate of drug-likeness (QED) is 0.687. The van der Waals surface area contributed by atoms with Crippen LogP contribution in [0.25, 0.3) is 10.9 Å². The van der Waals surface area contributed by atoms with Crippen LogP contribution >= 0.6 is 0 Å². The molecule has 1 unspecified atom stereocenters. The lowest BCUT2D eigenvalue weighted by Gasteiger charge is -2.27. The zero-order chi connectivity index (χ0) is 18.6.